The number of halogens is 2. The number of Topliss-reactive ketones (excluding diaryl/α,β-unsaturated/α-hetero) is 1. The molecule has 1 aliphatic carbocycles. The maximum atomic E-state index is 14.8. The van der Waals surface area contributed by atoms with Gasteiger partial charge in [-0.3, -0.25) is 4.79 Å². The summed E-state index contributed by atoms with van der Waals surface area (Å²) in [6, 6.07) is 19.9. The van der Waals surface area contributed by atoms with Gasteiger partial charge in [0.2, 0.25) is 0 Å². The van der Waals surface area contributed by atoms with Gasteiger partial charge in [-0.2, -0.15) is 0 Å². The molecule has 2 nitrogen and oxygen atoms in total. The van der Waals surface area contributed by atoms with Crippen molar-refractivity contribution < 1.29 is 9.18 Å². The van der Waals surface area contributed by atoms with Crippen molar-refractivity contribution in [2.45, 2.75) is 10.1 Å². The van der Waals surface area contributed by atoms with Crippen LogP contribution < -0.4 is 5.32 Å². The first-order valence-corrected chi connectivity index (χ1v) is 9.76. The number of para-hydroxylation sites is 1. The Balaban J connectivity index is 1.80. The molecule has 0 aromatic heterocycles. The van der Waals surface area contributed by atoms with Gasteiger partial charge in [-0.15, -0.1) is 11.8 Å². The van der Waals surface area contributed by atoms with E-state index < -0.39 is 11.1 Å². The normalized spacial score (nSPS) is 17.7. The van der Waals surface area contributed by atoms with Crippen molar-refractivity contribution in [1.29, 1.82) is 0 Å². The van der Waals surface area contributed by atoms with E-state index in [1.807, 2.05) is 48.5 Å². The van der Waals surface area contributed by atoms with E-state index >= 15 is 0 Å². The van der Waals surface area contributed by atoms with Gasteiger partial charge in [0.05, 0.1) is 16.6 Å². The van der Waals surface area contributed by atoms with Crippen molar-refractivity contribution in [3.05, 3.63) is 99.8 Å². The van der Waals surface area contributed by atoms with Gasteiger partial charge in [0, 0.05) is 32.2 Å². The molecule has 5 rings (SSSR count). The summed E-state index contributed by atoms with van der Waals surface area (Å²) < 4.78 is 14.8. The number of anilines is 1. The quantitative estimate of drug-likeness (QED) is 0.522. The number of thioether (sulfide) groups is 1. The zero-order valence-corrected chi connectivity index (χ0v) is 15.6. The van der Waals surface area contributed by atoms with Crippen molar-refractivity contribution in [3.8, 4) is 0 Å². The van der Waals surface area contributed by atoms with Gasteiger partial charge in [0.25, 0.3) is 0 Å². The number of hydrogen-bond donors (Lipinski definition) is 1. The standard InChI is InChI=1S/C22H13ClFNOS/c23-14-8-5-9-15(24)18(14)22-19-20(12-6-1-2-7-13(12)21(19)26)25-16-10-3-4-11-17(16)27-22/h1-11,22,25H/t22-/m0/s1. The van der Waals surface area contributed by atoms with Crippen LogP contribution in [0, 0.1) is 5.82 Å². The summed E-state index contributed by atoms with van der Waals surface area (Å²) in [6.45, 7) is 0. The number of hydrogen-bond acceptors (Lipinski definition) is 3. The highest BCUT2D eigenvalue weighted by molar-refractivity contribution is 8.00. The van der Waals surface area contributed by atoms with Crippen LogP contribution in [0.5, 0.6) is 0 Å². The lowest BCUT2D eigenvalue weighted by Crippen LogP contribution is -2.09. The molecule has 0 fully saturated rings. The van der Waals surface area contributed by atoms with E-state index in [0.717, 1.165) is 21.8 Å². The second-order valence-corrected chi connectivity index (χ2v) is 7.97. The molecule has 0 amide bonds. The molecule has 3 aromatic carbocycles. The third-order valence-electron chi connectivity index (χ3n) is 4.87. The van der Waals surface area contributed by atoms with Gasteiger partial charge >= 0.3 is 0 Å². The predicted molar refractivity (Wildman–Crippen MR) is 108 cm³/mol. The van der Waals surface area contributed by atoms with Gasteiger partial charge in [0.15, 0.2) is 5.78 Å². The number of nitrogens with one attached hydrogen (secondary N) is 1. The van der Waals surface area contributed by atoms with Crippen LogP contribution in [0.25, 0.3) is 5.70 Å². The molecule has 5 heteroatoms. The van der Waals surface area contributed by atoms with Gasteiger partial charge in [-0.05, 0) is 24.3 Å². The van der Waals surface area contributed by atoms with E-state index in [1.165, 1.54) is 17.8 Å². The molecule has 3 aromatic rings. The van der Waals surface area contributed by atoms with Crippen LogP contribution in [0.15, 0.2) is 77.2 Å². The van der Waals surface area contributed by atoms with E-state index in [1.54, 1.807) is 12.1 Å². The molecular weight excluding hydrogens is 381 g/mol. The highest BCUT2D eigenvalue weighted by Gasteiger charge is 2.39. The molecule has 1 aliphatic heterocycles. The number of ketones is 1. The summed E-state index contributed by atoms with van der Waals surface area (Å²) >= 11 is 7.83. The van der Waals surface area contributed by atoms with Gasteiger partial charge in [-0.25, -0.2) is 4.39 Å². The van der Waals surface area contributed by atoms with E-state index in [-0.39, 0.29) is 5.78 Å². The summed E-state index contributed by atoms with van der Waals surface area (Å²) in [5.41, 5.74) is 3.99. The minimum atomic E-state index is -0.537. The molecule has 1 N–H and O–H groups in total. The first-order valence-electron chi connectivity index (χ1n) is 8.50. The number of rotatable bonds is 1. The zero-order chi connectivity index (χ0) is 18.5. The van der Waals surface area contributed by atoms with E-state index in [0.29, 0.717) is 21.7 Å². The third-order valence-corrected chi connectivity index (χ3v) is 6.52. The monoisotopic (exact) mass is 393 g/mol. The van der Waals surface area contributed by atoms with E-state index in [4.69, 9.17) is 11.6 Å². The Morgan fingerprint density at radius 1 is 0.926 bits per heavy atom. The van der Waals surface area contributed by atoms with Crippen molar-refractivity contribution in [2.75, 3.05) is 5.32 Å². The smallest absolute Gasteiger partial charge is 0.193 e. The van der Waals surface area contributed by atoms with Crippen molar-refractivity contribution in [1.82, 2.24) is 0 Å². The summed E-state index contributed by atoms with van der Waals surface area (Å²) in [6.07, 6.45) is 0. The highest BCUT2D eigenvalue weighted by Crippen LogP contribution is 2.53. The topological polar surface area (TPSA) is 29.1 Å². The van der Waals surface area contributed by atoms with E-state index in [2.05, 4.69) is 5.32 Å². The Morgan fingerprint density at radius 3 is 2.48 bits per heavy atom. The molecule has 0 bridgehead atoms. The van der Waals surface area contributed by atoms with Gasteiger partial charge < -0.3 is 5.32 Å². The Bertz CT molecular complexity index is 1120. The van der Waals surface area contributed by atoms with Crippen LogP contribution in [0.3, 0.4) is 0 Å². The number of benzene rings is 3. The number of carbonyl (C=O) groups is 1. The Kier molecular flexibility index (Phi) is 3.85. The van der Waals surface area contributed by atoms with Crippen LogP contribution in [0.4, 0.5) is 10.1 Å². The Hall–Kier alpha value is -2.56. The maximum Gasteiger partial charge on any atom is 0.193 e. The first-order chi connectivity index (χ1) is 13.1. The minimum absolute atomic E-state index is 0.0854. The molecule has 1 heterocycles. The molecule has 0 saturated carbocycles. The average Bonchev–Trinajstić information content (AvgIpc) is 2.84. The Morgan fingerprint density at radius 2 is 1.67 bits per heavy atom. The lowest BCUT2D eigenvalue weighted by molar-refractivity contribution is 0.103. The third kappa shape index (κ3) is 2.52. The molecule has 1 atom stereocenters. The number of fused-ring (bicyclic) bond motifs is 3. The number of carbonyl (C=O) groups excluding carboxylic acids is 1. The van der Waals surface area contributed by atoms with Gasteiger partial charge in [-0.1, -0.05) is 54.1 Å². The fourth-order valence-electron chi connectivity index (χ4n) is 3.65. The van der Waals surface area contributed by atoms with Crippen LogP contribution in [-0.4, -0.2) is 5.78 Å². The van der Waals surface area contributed by atoms with Crippen LogP contribution in [0.1, 0.15) is 26.7 Å². The lowest BCUT2D eigenvalue weighted by Gasteiger charge is -2.19. The fourth-order valence-corrected chi connectivity index (χ4v) is 5.34. The highest BCUT2D eigenvalue weighted by atomic mass is 35.5. The van der Waals surface area contributed by atoms with Crippen molar-refractivity contribution in [3.63, 3.8) is 0 Å². The van der Waals surface area contributed by atoms with Crippen molar-refractivity contribution in [2.24, 2.45) is 0 Å². The summed E-state index contributed by atoms with van der Waals surface area (Å²) in [7, 11) is 0. The molecule has 0 unspecified atom stereocenters. The SMILES string of the molecule is O=C1C2=C(Nc3ccccc3S[C@H]2c2c(F)cccc2Cl)c2ccccc21. The van der Waals surface area contributed by atoms with Gasteiger partial charge in [0.1, 0.15) is 5.82 Å². The second kappa shape index (κ2) is 6.25. The molecular formula is C22H13ClFNOS. The van der Waals surface area contributed by atoms with Crippen LogP contribution in [-0.2, 0) is 0 Å². The fraction of sp³-hybridized carbons (Fsp3) is 0.0455. The van der Waals surface area contributed by atoms with Crippen LogP contribution >= 0.6 is 23.4 Å². The predicted octanol–water partition coefficient (Wildman–Crippen LogP) is 6.35. The summed E-state index contributed by atoms with van der Waals surface area (Å²) in [5, 5.41) is 3.20. The lowest BCUT2D eigenvalue weighted by atomic mass is 10.00. The molecule has 0 spiro atoms. The van der Waals surface area contributed by atoms with Crippen LogP contribution in [0.2, 0.25) is 5.02 Å². The van der Waals surface area contributed by atoms with E-state index in [9.17, 15) is 9.18 Å². The summed E-state index contributed by atoms with van der Waals surface area (Å²) in [4.78, 5) is 14.2. The second-order valence-electron chi connectivity index (χ2n) is 6.42. The Labute approximate surface area is 165 Å². The minimum Gasteiger partial charge on any atom is -0.354 e. The molecule has 132 valence electrons. The summed E-state index contributed by atoms with van der Waals surface area (Å²) in [5.74, 6) is -0.493. The average molecular weight is 394 g/mol. The first kappa shape index (κ1) is 16.6. The molecule has 27 heavy (non-hydrogen) atoms. The molecule has 0 radical (unpaired) electrons. The largest absolute Gasteiger partial charge is 0.354 e. The van der Waals surface area contributed by atoms with Crippen molar-refractivity contribution >= 4 is 40.5 Å². The maximum absolute atomic E-state index is 14.8. The zero-order valence-electron chi connectivity index (χ0n) is 14.0. The molecule has 2 aliphatic rings. The molecule has 0 saturated heterocycles.